The van der Waals surface area contributed by atoms with Gasteiger partial charge in [-0.25, -0.2) is 4.99 Å². The zero-order valence-corrected chi connectivity index (χ0v) is 10.6. The zero-order valence-electron chi connectivity index (χ0n) is 10.6. The summed E-state index contributed by atoms with van der Waals surface area (Å²) in [5, 5.41) is 0. The Morgan fingerprint density at radius 1 is 1.19 bits per heavy atom. The molecule has 1 aromatic carbocycles. The van der Waals surface area contributed by atoms with Crippen molar-refractivity contribution in [3.05, 3.63) is 29.3 Å². The molecule has 0 saturated carbocycles. The van der Waals surface area contributed by atoms with Crippen LogP contribution in [0.25, 0.3) is 0 Å². The van der Waals surface area contributed by atoms with Gasteiger partial charge in [0.05, 0.1) is 11.5 Å². The monoisotopic (exact) mass is 218 g/mol. The van der Waals surface area contributed by atoms with Gasteiger partial charge >= 0.3 is 0 Å². The number of rotatable bonds is 5. The molecule has 16 heavy (non-hydrogen) atoms. The maximum absolute atomic E-state index is 5.88. The number of hydrogen-bond donors (Lipinski definition) is 1. The van der Waals surface area contributed by atoms with E-state index in [4.69, 9.17) is 5.73 Å². The normalized spacial score (nSPS) is 11.8. The van der Waals surface area contributed by atoms with Gasteiger partial charge in [0.2, 0.25) is 0 Å². The molecule has 0 bridgehead atoms. The lowest BCUT2D eigenvalue weighted by atomic mass is 10.1. The van der Waals surface area contributed by atoms with Gasteiger partial charge in [-0.1, -0.05) is 25.8 Å². The molecule has 0 saturated heterocycles. The minimum Gasteiger partial charge on any atom is -0.387 e. The summed E-state index contributed by atoms with van der Waals surface area (Å²) in [6, 6.07) is 6.20. The van der Waals surface area contributed by atoms with Crippen molar-refractivity contribution in [2.75, 3.05) is 0 Å². The van der Waals surface area contributed by atoms with Crippen LogP contribution in [0.4, 0.5) is 5.69 Å². The Balaban J connectivity index is 2.63. The highest BCUT2D eigenvalue weighted by Gasteiger charge is 1.97. The molecule has 0 aliphatic carbocycles. The fourth-order valence-electron chi connectivity index (χ4n) is 1.57. The van der Waals surface area contributed by atoms with Crippen LogP contribution >= 0.6 is 0 Å². The van der Waals surface area contributed by atoms with Crippen molar-refractivity contribution >= 4 is 11.5 Å². The average Bonchev–Trinajstić information content (AvgIpc) is 2.24. The van der Waals surface area contributed by atoms with E-state index in [-0.39, 0.29) is 0 Å². The number of aryl methyl sites for hydroxylation is 2. The van der Waals surface area contributed by atoms with Crippen molar-refractivity contribution in [2.45, 2.75) is 46.5 Å². The first-order valence-corrected chi connectivity index (χ1v) is 6.03. The van der Waals surface area contributed by atoms with Crippen LogP contribution in [0.3, 0.4) is 0 Å². The Hall–Kier alpha value is -1.31. The molecule has 0 aliphatic rings. The lowest BCUT2D eigenvalue weighted by molar-refractivity contribution is 0.740. The Morgan fingerprint density at radius 2 is 1.94 bits per heavy atom. The van der Waals surface area contributed by atoms with Gasteiger partial charge in [-0.15, -0.1) is 0 Å². The number of amidine groups is 1. The zero-order chi connectivity index (χ0) is 12.0. The number of nitrogens with zero attached hydrogens (tertiary/aromatic N) is 1. The van der Waals surface area contributed by atoms with Crippen molar-refractivity contribution in [1.82, 2.24) is 0 Å². The molecule has 0 unspecified atom stereocenters. The van der Waals surface area contributed by atoms with Crippen LogP contribution in [0.1, 0.15) is 43.7 Å². The van der Waals surface area contributed by atoms with Crippen molar-refractivity contribution in [1.29, 1.82) is 0 Å². The van der Waals surface area contributed by atoms with E-state index in [1.165, 1.54) is 24.0 Å². The SMILES string of the molecule is CCCCCC(N)=Nc1ccc(C)c(C)c1. The van der Waals surface area contributed by atoms with Crippen molar-refractivity contribution in [2.24, 2.45) is 10.7 Å². The Bertz CT molecular complexity index is 367. The maximum Gasteiger partial charge on any atom is 0.0996 e. The second-order valence-corrected chi connectivity index (χ2v) is 4.33. The largest absolute Gasteiger partial charge is 0.387 e. The van der Waals surface area contributed by atoms with E-state index >= 15 is 0 Å². The van der Waals surface area contributed by atoms with Crippen LogP contribution < -0.4 is 5.73 Å². The molecule has 2 N–H and O–H groups in total. The second-order valence-electron chi connectivity index (χ2n) is 4.33. The Morgan fingerprint density at radius 3 is 2.56 bits per heavy atom. The van der Waals surface area contributed by atoms with Crippen LogP contribution in [-0.4, -0.2) is 5.84 Å². The summed E-state index contributed by atoms with van der Waals surface area (Å²) in [4.78, 5) is 4.43. The molecule has 1 aromatic rings. The number of hydrogen-bond acceptors (Lipinski definition) is 1. The van der Waals surface area contributed by atoms with Gasteiger partial charge < -0.3 is 5.73 Å². The average molecular weight is 218 g/mol. The maximum atomic E-state index is 5.88. The van der Waals surface area contributed by atoms with Gasteiger partial charge in [-0.3, -0.25) is 0 Å². The summed E-state index contributed by atoms with van der Waals surface area (Å²) in [5.41, 5.74) is 9.42. The summed E-state index contributed by atoms with van der Waals surface area (Å²) in [6.07, 6.45) is 4.48. The summed E-state index contributed by atoms with van der Waals surface area (Å²) in [6.45, 7) is 6.39. The van der Waals surface area contributed by atoms with Crippen molar-refractivity contribution < 1.29 is 0 Å². The number of nitrogens with two attached hydrogens (primary N) is 1. The van der Waals surface area contributed by atoms with Crippen LogP contribution in [-0.2, 0) is 0 Å². The molecule has 2 heteroatoms. The number of unbranched alkanes of at least 4 members (excludes halogenated alkanes) is 2. The molecular formula is C14H22N2. The van der Waals surface area contributed by atoms with E-state index in [0.29, 0.717) is 0 Å². The molecule has 0 atom stereocenters. The molecule has 88 valence electrons. The standard InChI is InChI=1S/C14H22N2/c1-4-5-6-7-14(15)16-13-9-8-11(2)12(3)10-13/h8-10H,4-7H2,1-3H3,(H2,15,16). The highest BCUT2D eigenvalue weighted by Crippen LogP contribution is 2.17. The minimum atomic E-state index is 0.747. The summed E-state index contributed by atoms with van der Waals surface area (Å²) >= 11 is 0. The van der Waals surface area contributed by atoms with Crippen molar-refractivity contribution in [3.63, 3.8) is 0 Å². The summed E-state index contributed by atoms with van der Waals surface area (Å²) in [5.74, 6) is 0.747. The smallest absolute Gasteiger partial charge is 0.0996 e. The van der Waals surface area contributed by atoms with Crippen LogP contribution in [0.5, 0.6) is 0 Å². The molecule has 0 amide bonds. The molecular weight excluding hydrogens is 196 g/mol. The van der Waals surface area contributed by atoms with Gasteiger partial charge in [0.25, 0.3) is 0 Å². The van der Waals surface area contributed by atoms with Crippen molar-refractivity contribution in [3.8, 4) is 0 Å². The summed E-state index contributed by atoms with van der Waals surface area (Å²) < 4.78 is 0. The first-order valence-electron chi connectivity index (χ1n) is 6.03. The second kappa shape index (κ2) is 6.31. The van der Waals surface area contributed by atoms with Crippen LogP contribution in [0.2, 0.25) is 0 Å². The third-order valence-corrected chi connectivity index (χ3v) is 2.80. The first-order chi connectivity index (χ1) is 7.63. The number of benzene rings is 1. The molecule has 0 fully saturated rings. The van der Waals surface area contributed by atoms with E-state index in [9.17, 15) is 0 Å². The minimum absolute atomic E-state index is 0.747. The summed E-state index contributed by atoms with van der Waals surface area (Å²) in [7, 11) is 0. The Kier molecular flexibility index (Phi) is 5.03. The van der Waals surface area contributed by atoms with Gasteiger partial charge in [-0.2, -0.15) is 0 Å². The first kappa shape index (κ1) is 12.8. The molecule has 0 aliphatic heterocycles. The third-order valence-electron chi connectivity index (χ3n) is 2.80. The highest BCUT2D eigenvalue weighted by molar-refractivity contribution is 5.83. The van der Waals surface area contributed by atoms with Gasteiger partial charge in [0, 0.05) is 6.42 Å². The molecule has 0 aromatic heterocycles. The molecule has 2 nitrogen and oxygen atoms in total. The van der Waals surface area contributed by atoms with E-state index < -0.39 is 0 Å². The molecule has 0 radical (unpaired) electrons. The van der Waals surface area contributed by atoms with Gasteiger partial charge in [-0.05, 0) is 43.5 Å². The van der Waals surface area contributed by atoms with E-state index in [1.807, 2.05) is 6.07 Å². The molecule has 1 rings (SSSR count). The quantitative estimate of drug-likeness (QED) is 0.455. The van der Waals surface area contributed by atoms with E-state index in [0.717, 1.165) is 24.4 Å². The topological polar surface area (TPSA) is 38.4 Å². The lowest BCUT2D eigenvalue weighted by Gasteiger charge is -2.03. The predicted molar refractivity (Wildman–Crippen MR) is 71.3 cm³/mol. The van der Waals surface area contributed by atoms with Gasteiger partial charge in [0.1, 0.15) is 0 Å². The number of aliphatic imine (C=N–C) groups is 1. The molecule has 0 spiro atoms. The lowest BCUT2D eigenvalue weighted by Crippen LogP contribution is -2.10. The predicted octanol–water partition coefficient (Wildman–Crippen LogP) is 3.87. The molecule has 0 heterocycles. The van der Waals surface area contributed by atoms with Gasteiger partial charge in [0.15, 0.2) is 0 Å². The van der Waals surface area contributed by atoms with Crippen LogP contribution in [0.15, 0.2) is 23.2 Å². The fourth-order valence-corrected chi connectivity index (χ4v) is 1.57. The Labute approximate surface area is 98.6 Å². The third kappa shape index (κ3) is 4.05. The highest BCUT2D eigenvalue weighted by atomic mass is 14.8. The van der Waals surface area contributed by atoms with E-state index in [2.05, 4.69) is 37.9 Å². The van der Waals surface area contributed by atoms with E-state index in [1.54, 1.807) is 0 Å². The van der Waals surface area contributed by atoms with Crippen LogP contribution in [0, 0.1) is 13.8 Å². The fraction of sp³-hybridized carbons (Fsp3) is 0.500.